The van der Waals surface area contributed by atoms with Crippen LogP contribution in [-0.2, 0) is 0 Å². The summed E-state index contributed by atoms with van der Waals surface area (Å²) in [6, 6.07) is 10.2. The van der Waals surface area contributed by atoms with Gasteiger partial charge in [0, 0.05) is 5.57 Å². The van der Waals surface area contributed by atoms with Crippen molar-refractivity contribution in [3.63, 3.8) is 0 Å². The van der Waals surface area contributed by atoms with Gasteiger partial charge in [-0.2, -0.15) is 0 Å². The molecule has 0 saturated heterocycles. The second-order valence-corrected chi connectivity index (χ2v) is 18.5. The van der Waals surface area contributed by atoms with Crippen LogP contribution in [0.4, 0.5) is 0 Å². The summed E-state index contributed by atoms with van der Waals surface area (Å²) in [4.78, 5) is 0. The van der Waals surface area contributed by atoms with Crippen LogP contribution >= 0.6 is 0 Å². The maximum Gasteiger partial charge on any atom is 0.460 e. The Morgan fingerprint density at radius 3 is 1.30 bits per heavy atom. The van der Waals surface area contributed by atoms with Crippen LogP contribution in [0.5, 0.6) is 0 Å². The van der Waals surface area contributed by atoms with Gasteiger partial charge < -0.3 is 0 Å². The van der Waals surface area contributed by atoms with E-state index in [2.05, 4.69) is 160 Å². The molecule has 1 heteroatoms. The van der Waals surface area contributed by atoms with Crippen molar-refractivity contribution in [1.82, 2.24) is 0 Å². The molecule has 1 unspecified atom stereocenters. The average molecular weight is 646 g/mol. The van der Waals surface area contributed by atoms with E-state index in [9.17, 15) is 0 Å². The molecular formula is C46H65Si+. The SMILES string of the molecule is CC1=C(C)C(C)([Si+]=C2C(c3c(C(C)C)cc(C(C)C)cc3C(C)C)=CC=CC2c2c(C(C)C)cc(C(C)C)cc2C(C)C)C(C)=C1C. The molecule has 0 amide bonds. The summed E-state index contributed by atoms with van der Waals surface area (Å²) in [6.45, 7) is 40.7. The molecule has 0 saturated carbocycles. The third-order valence-electron chi connectivity index (χ3n) is 11.6. The molecule has 0 aromatic heterocycles. The highest BCUT2D eigenvalue weighted by Gasteiger charge is 2.49. The number of rotatable bonds is 9. The lowest BCUT2D eigenvalue weighted by molar-refractivity contribution is 0.778. The van der Waals surface area contributed by atoms with Gasteiger partial charge in [-0.05, 0) is 137 Å². The van der Waals surface area contributed by atoms with E-state index in [0.717, 1.165) is 0 Å². The van der Waals surface area contributed by atoms with E-state index in [1.807, 2.05) is 0 Å². The molecule has 0 nitrogen and oxygen atoms in total. The number of hydrogen-bond donors (Lipinski definition) is 0. The van der Waals surface area contributed by atoms with Crippen LogP contribution in [0.15, 0.2) is 64.8 Å². The van der Waals surface area contributed by atoms with Gasteiger partial charge >= 0.3 is 9.13 Å². The fraction of sp³-hybridized carbons (Fsp3) is 0.543. The molecule has 0 N–H and O–H groups in total. The Bertz CT molecular complexity index is 1590. The first kappa shape index (κ1) is 37.3. The van der Waals surface area contributed by atoms with Gasteiger partial charge in [0.05, 0.1) is 5.92 Å². The third kappa shape index (κ3) is 6.86. The predicted octanol–water partition coefficient (Wildman–Crippen LogP) is 13.9. The second kappa shape index (κ2) is 14.1. The van der Waals surface area contributed by atoms with Gasteiger partial charge in [0.15, 0.2) is 5.04 Å². The lowest BCUT2D eigenvalue weighted by Gasteiger charge is -2.31. The first-order chi connectivity index (χ1) is 21.8. The van der Waals surface area contributed by atoms with Gasteiger partial charge in [0.25, 0.3) is 0 Å². The summed E-state index contributed by atoms with van der Waals surface area (Å²) in [5.41, 5.74) is 19.7. The highest BCUT2D eigenvalue weighted by atomic mass is 28.2. The molecule has 0 radical (unpaired) electrons. The Morgan fingerprint density at radius 1 is 0.553 bits per heavy atom. The zero-order valence-electron chi connectivity index (χ0n) is 33.1. The monoisotopic (exact) mass is 645 g/mol. The van der Waals surface area contributed by atoms with Crippen molar-refractivity contribution < 1.29 is 0 Å². The van der Waals surface area contributed by atoms with Crippen molar-refractivity contribution in [3.05, 3.63) is 109 Å². The van der Waals surface area contributed by atoms with Crippen molar-refractivity contribution in [2.45, 2.75) is 164 Å². The Kier molecular flexibility index (Phi) is 11.2. The summed E-state index contributed by atoms with van der Waals surface area (Å²) in [5, 5.41) is 1.65. The molecule has 2 aliphatic rings. The summed E-state index contributed by atoms with van der Waals surface area (Å²) in [5.74, 6) is 3.03. The molecule has 0 heterocycles. The van der Waals surface area contributed by atoms with E-state index >= 15 is 0 Å². The molecule has 252 valence electrons. The average Bonchev–Trinajstić information content (AvgIpc) is 3.14. The van der Waals surface area contributed by atoms with Gasteiger partial charge in [-0.15, -0.1) is 0 Å². The van der Waals surface area contributed by atoms with E-state index < -0.39 is 0 Å². The minimum absolute atomic E-state index is 0.0216. The first-order valence-electron chi connectivity index (χ1n) is 18.6. The molecule has 2 aromatic carbocycles. The minimum Gasteiger partial charge on any atom is -0.0697 e. The van der Waals surface area contributed by atoms with E-state index in [4.69, 9.17) is 0 Å². The topological polar surface area (TPSA) is 0 Å². The molecule has 0 bridgehead atoms. The van der Waals surface area contributed by atoms with Crippen LogP contribution in [0.3, 0.4) is 0 Å². The molecular weight excluding hydrogens is 581 g/mol. The van der Waals surface area contributed by atoms with Crippen LogP contribution in [0.1, 0.15) is 204 Å². The molecule has 2 aromatic rings. The molecule has 0 spiro atoms. The van der Waals surface area contributed by atoms with E-state index in [0.29, 0.717) is 44.6 Å². The van der Waals surface area contributed by atoms with Gasteiger partial charge in [0.2, 0.25) is 0 Å². The Balaban J connectivity index is 2.19. The van der Waals surface area contributed by atoms with Crippen molar-refractivity contribution in [2.75, 3.05) is 0 Å². The Hall–Kier alpha value is -2.51. The zero-order valence-corrected chi connectivity index (χ0v) is 34.1. The third-order valence-corrected chi connectivity index (χ3v) is 13.7. The van der Waals surface area contributed by atoms with E-state index in [1.54, 1.807) is 21.9 Å². The summed E-state index contributed by atoms with van der Waals surface area (Å²) < 4.78 is 0. The molecule has 1 atom stereocenters. The van der Waals surface area contributed by atoms with Crippen LogP contribution in [0.25, 0.3) is 5.57 Å². The smallest absolute Gasteiger partial charge is 0.0697 e. The van der Waals surface area contributed by atoms with Crippen LogP contribution in [0.2, 0.25) is 5.04 Å². The summed E-state index contributed by atoms with van der Waals surface area (Å²) >= 11 is 0. The van der Waals surface area contributed by atoms with Crippen molar-refractivity contribution >= 4 is 19.9 Å². The van der Waals surface area contributed by atoms with Gasteiger partial charge in [-0.1, -0.05) is 126 Å². The number of hydrogen-bond acceptors (Lipinski definition) is 0. The maximum absolute atomic E-state index is 2.56. The second-order valence-electron chi connectivity index (χ2n) is 16.7. The lowest BCUT2D eigenvalue weighted by Crippen LogP contribution is -2.28. The van der Waals surface area contributed by atoms with Gasteiger partial charge in [-0.3, -0.25) is 0 Å². The lowest BCUT2D eigenvalue weighted by atomic mass is 9.73. The quantitative estimate of drug-likeness (QED) is 0.238. The normalized spacial score (nSPS) is 19.2. The zero-order chi connectivity index (χ0) is 35.3. The van der Waals surface area contributed by atoms with Crippen LogP contribution in [0, 0.1) is 0 Å². The van der Waals surface area contributed by atoms with Gasteiger partial charge in [0.1, 0.15) is 5.17 Å². The maximum atomic E-state index is 2.56. The molecule has 2 aliphatic carbocycles. The number of allylic oxidation sites excluding steroid dienone is 8. The van der Waals surface area contributed by atoms with Crippen LogP contribution in [-0.4, -0.2) is 14.3 Å². The van der Waals surface area contributed by atoms with Gasteiger partial charge in [-0.25, -0.2) is 0 Å². The molecule has 47 heavy (non-hydrogen) atoms. The van der Waals surface area contributed by atoms with Crippen LogP contribution < -0.4 is 0 Å². The van der Waals surface area contributed by atoms with Crippen molar-refractivity contribution in [2.24, 2.45) is 0 Å². The standard InChI is InChI=1S/C46H65Si/c1-25(2)35-21-39(27(5)6)43(40(22-35)28(7)8)37-19-18-20-38(45(37)47-46(17)33(15)31(13)32(14)34(46)16)44-41(29(9)10)23-36(26(3)4)24-42(44)30(11)12/h18-30,37H,1-17H3/q+1. The molecule has 4 rings (SSSR count). The predicted molar refractivity (Wildman–Crippen MR) is 213 cm³/mol. The van der Waals surface area contributed by atoms with Crippen molar-refractivity contribution in [1.29, 1.82) is 0 Å². The number of benzene rings is 2. The molecule has 0 fully saturated rings. The summed E-state index contributed by atoms with van der Waals surface area (Å²) in [6.07, 6.45) is 7.45. The largest absolute Gasteiger partial charge is 0.460 e. The highest BCUT2D eigenvalue weighted by Crippen LogP contribution is 2.52. The van der Waals surface area contributed by atoms with E-state index in [-0.39, 0.29) is 11.0 Å². The van der Waals surface area contributed by atoms with E-state index in [1.165, 1.54) is 55.7 Å². The Labute approximate surface area is 292 Å². The fourth-order valence-corrected chi connectivity index (χ4v) is 9.94. The summed E-state index contributed by atoms with van der Waals surface area (Å²) in [7, 11) is 0.659. The Morgan fingerprint density at radius 2 is 0.936 bits per heavy atom. The molecule has 0 aliphatic heterocycles. The van der Waals surface area contributed by atoms with Crippen molar-refractivity contribution in [3.8, 4) is 0 Å². The first-order valence-corrected chi connectivity index (χ1v) is 19.6. The fourth-order valence-electron chi connectivity index (χ4n) is 7.91. The highest BCUT2D eigenvalue weighted by molar-refractivity contribution is 6.69. The minimum atomic E-state index is 0.0216.